The molecule has 4 nitrogen and oxygen atoms in total. The first-order valence-electron chi connectivity index (χ1n) is 6.62. The standard InChI is InChI=1S/C15H18N2O2/c1-16-15-12(9-19-13-6-7-18-10-13)8-11-4-2-3-5-14(11)17-15/h2-5,8,13H,6-7,9-10H2,1H3,(H,16,17). The minimum absolute atomic E-state index is 0.219. The number of ether oxygens (including phenoxy) is 2. The van der Waals surface area contributed by atoms with E-state index in [4.69, 9.17) is 9.47 Å². The lowest BCUT2D eigenvalue weighted by Gasteiger charge is -2.13. The molecule has 0 amide bonds. The lowest BCUT2D eigenvalue weighted by Crippen LogP contribution is -2.13. The van der Waals surface area contributed by atoms with Crippen molar-refractivity contribution in [3.63, 3.8) is 0 Å². The second kappa shape index (κ2) is 5.55. The van der Waals surface area contributed by atoms with Gasteiger partial charge in [-0.2, -0.15) is 0 Å². The molecular weight excluding hydrogens is 240 g/mol. The molecule has 19 heavy (non-hydrogen) atoms. The van der Waals surface area contributed by atoms with Gasteiger partial charge in [-0.15, -0.1) is 0 Å². The molecule has 100 valence electrons. The van der Waals surface area contributed by atoms with Crippen LogP contribution in [-0.2, 0) is 16.1 Å². The highest BCUT2D eigenvalue weighted by Gasteiger charge is 2.17. The SMILES string of the molecule is CNc1nc2ccccc2cc1COC1CCOC1. The molecule has 0 radical (unpaired) electrons. The normalized spacial score (nSPS) is 18.9. The third-order valence-corrected chi connectivity index (χ3v) is 3.40. The van der Waals surface area contributed by atoms with Crippen molar-refractivity contribution in [3.05, 3.63) is 35.9 Å². The van der Waals surface area contributed by atoms with Crippen molar-refractivity contribution in [1.82, 2.24) is 4.98 Å². The predicted molar refractivity (Wildman–Crippen MR) is 75.3 cm³/mol. The van der Waals surface area contributed by atoms with E-state index in [9.17, 15) is 0 Å². The van der Waals surface area contributed by atoms with Crippen LogP contribution in [0, 0.1) is 0 Å². The number of nitrogens with zero attached hydrogens (tertiary/aromatic N) is 1. The van der Waals surface area contributed by atoms with E-state index in [0.29, 0.717) is 13.2 Å². The molecule has 1 fully saturated rings. The molecule has 2 aromatic rings. The molecule has 1 unspecified atom stereocenters. The van der Waals surface area contributed by atoms with Crippen LogP contribution in [0.5, 0.6) is 0 Å². The summed E-state index contributed by atoms with van der Waals surface area (Å²) in [5.74, 6) is 0.887. The molecule has 0 aliphatic carbocycles. The van der Waals surface area contributed by atoms with Gasteiger partial charge in [0.15, 0.2) is 0 Å². The van der Waals surface area contributed by atoms with Gasteiger partial charge in [0.2, 0.25) is 0 Å². The average molecular weight is 258 g/mol. The Labute approximate surface area is 112 Å². The van der Waals surface area contributed by atoms with Crippen LogP contribution in [0.1, 0.15) is 12.0 Å². The van der Waals surface area contributed by atoms with Crippen LogP contribution in [0.4, 0.5) is 5.82 Å². The van der Waals surface area contributed by atoms with Crippen LogP contribution in [-0.4, -0.2) is 31.3 Å². The van der Waals surface area contributed by atoms with E-state index in [1.165, 1.54) is 0 Å². The van der Waals surface area contributed by atoms with Crippen LogP contribution in [0.2, 0.25) is 0 Å². The number of benzene rings is 1. The maximum Gasteiger partial charge on any atom is 0.131 e. The molecule has 0 saturated carbocycles. The number of anilines is 1. The van der Waals surface area contributed by atoms with Crippen molar-refractivity contribution >= 4 is 16.7 Å². The highest BCUT2D eigenvalue weighted by molar-refractivity contribution is 5.81. The van der Waals surface area contributed by atoms with Gasteiger partial charge < -0.3 is 14.8 Å². The third kappa shape index (κ3) is 2.69. The summed E-state index contributed by atoms with van der Waals surface area (Å²) < 4.78 is 11.2. The maximum atomic E-state index is 5.88. The first-order chi connectivity index (χ1) is 9.36. The quantitative estimate of drug-likeness (QED) is 0.915. The van der Waals surface area contributed by atoms with Gasteiger partial charge in [-0.05, 0) is 18.6 Å². The van der Waals surface area contributed by atoms with Crippen molar-refractivity contribution in [2.75, 3.05) is 25.6 Å². The summed E-state index contributed by atoms with van der Waals surface area (Å²) in [5, 5.41) is 4.28. The maximum absolute atomic E-state index is 5.88. The summed E-state index contributed by atoms with van der Waals surface area (Å²) in [6.07, 6.45) is 1.20. The molecule has 1 aromatic carbocycles. The van der Waals surface area contributed by atoms with Crippen molar-refractivity contribution in [2.24, 2.45) is 0 Å². The number of hydrogen-bond acceptors (Lipinski definition) is 4. The summed E-state index contributed by atoms with van der Waals surface area (Å²) >= 11 is 0. The number of aromatic nitrogens is 1. The number of para-hydroxylation sites is 1. The Morgan fingerprint density at radius 2 is 2.32 bits per heavy atom. The molecule has 1 aliphatic heterocycles. The number of hydrogen-bond donors (Lipinski definition) is 1. The fraction of sp³-hybridized carbons (Fsp3) is 0.400. The highest BCUT2D eigenvalue weighted by Crippen LogP contribution is 2.22. The summed E-state index contributed by atoms with van der Waals surface area (Å²) in [6.45, 7) is 2.08. The topological polar surface area (TPSA) is 43.4 Å². The molecule has 1 aliphatic rings. The molecule has 0 bridgehead atoms. The molecular formula is C15H18N2O2. The minimum atomic E-state index is 0.219. The van der Waals surface area contributed by atoms with Crippen molar-refractivity contribution in [2.45, 2.75) is 19.1 Å². The zero-order valence-corrected chi connectivity index (χ0v) is 11.1. The van der Waals surface area contributed by atoms with E-state index in [1.807, 2.05) is 25.2 Å². The van der Waals surface area contributed by atoms with Gasteiger partial charge in [-0.1, -0.05) is 18.2 Å². The first-order valence-corrected chi connectivity index (χ1v) is 6.62. The van der Waals surface area contributed by atoms with Crippen molar-refractivity contribution in [3.8, 4) is 0 Å². The van der Waals surface area contributed by atoms with E-state index >= 15 is 0 Å². The summed E-state index contributed by atoms with van der Waals surface area (Å²) in [6, 6.07) is 10.3. The van der Waals surface area contributed by atoms with Crippen LogP contribution in [0.3, 0.4) is 0 Å². The van der Waals surface area contributed by atoms with Gasteiger partial charge >= 0.3 is 0 Å². The lowest BCUT2D eigenvalue weighted by molar-refractivity contribution is 0.0320. The zero-order chi connectivity index (χ0) is 13.1. The van der Waals surface area contributed by atoms with Gasteiger partial charge in [0.25, 0.3) is 0 Å². The Bertz CT molecular complexity index is 565. The molecule has 2 heterocycles. The molecule has 1 atom stereocenters. The monoisotopic (exact) mass is 258 g/mol. The van der Waals surface area contributed by atoms with Gasteiger partial charge in [0.05, 0.1) is 24.8 Å². The fourth-order valence-electron chi connectivity index (χ4n) is 2.34. The van der Waals surface area contributed by atoms with E-state index in [0.717, 1.165) is 35.3 Å². The Balaban J connectivity index is 1.83. The Kier molecular flexibility index (Phi) is 3.62. The van der Waals surface area contributed by atoms with Crippen molar-refractivity contribution < 1.29 is 9.47 Å². The van der Waals surface area contributed by atoms with Gasteiger partial charge in [0.1, 0.15) is 5.82 Å². The van der Waals surface area contributed by atoms with Crippen LogP contribution in [0.15, 0.2) is 30.3 Å². The summed E-state index contributed by atoms with van der Waals surface area (Å²) in [4.78, 5) is 4.62. The van der Waals surface area contributed by atoms with E-state index < -0.39 is 0 Å². The second-order valence-corrected chi connectivity index (χ2v) is 4.74. The molecule has 1 saturated heterocycles. The highest BCUT2D eigenvalue weighted by atomic mass is 16.5. The first kappa shape index (κ1) is 12.4. The number of pyridine rings is 1. The van der Waals surface area contributed by atoms with E-state index in [2.05, 4.69) is 22.4 Å². The molecule has 1 aromatic heterocycles. The van der Waals surface area contributed by atoms with Crippen LogP contribution < -0.4 is 5.32 Å². The molecule has 1 N–H and O–H groups in total. The van der Waals surface area contributed by atoms with Gasteiger partial charge in [-0.25, -0.2) is 4.98 Å². The third-order valence-electron chi connectivity index (χ3n) is 3.40. The van der Waals surface area contributed by atoms with Gasteiger partial charge in [-0.3, -0.25) is 0 Å². The minimum Gasteiger partial charge on any atom is -0.379 e. The Hall–Kier alpha value is -1.65. The molecule has 0 spiro atoms. The lowest BCUT2D eigenvalue weighted by atomic mass is 10.1. The number of nitrogens with one attached hydrogen (secondary N) is 1. The molecule has 4 heteroatoms. The van der Waals surface area contributed by atoms with Crippen molar-refractivity contribution in [1.29, 1.82) is 0 Å². The summed E-state index contributed by atoms with van der Waals surface area (Å²) in [5.41, 5.74) is 2.09. The van der Waals surface area contributed by atoms with Gasteiger partial charge in [0, 0.05) is 24.6 Å². The Morgan fingerprint density at radius 3 is 3.11 bits per heavy atom. The van der Waals surface area contributed by atoms with E-state index in [1.54, 1.807) is 0 Å². The second-order valence-electron chi connectivity index (χ2n) is 4.74. The van der Waals surface area contributed by atoms with E-state index in [-0.39, 0.29) is 6.10 Å². The van der Waals surface area contributed by atoms with Crippen LogP contribution in [0.25, 0.3) is 10.9 Å². The zero-order valence-electron chi connectivity index (χ0n) is 11.1. The number of fused-ring (bicyclic) bond motifs is 1. The number of rotatable bonds is 4. The molecule has 3 rings (SSSR count). The van der Waals surface area contributed by atoms with Crippen LogP contribution >= 0.6 is 0 Å². The fourth-order valence-corrected chi connectivity index (χ4v) is 2.34. The largest absolute Gasteiger partial charge is 0.379 e. The average Bonchev–Trinajstić information content (AvgIpc) is 2.97. The predicted octanol–water partition coefficient (Wildman–Crippen LogP) is 2.58. The smallest absolute Gasteiger partial charge is 0.131 e. The Morgan fingerprint density at radius 1 is 1.42 bits per heavy atom. The summed E-state index contributed by atoms with van der Waals surface area (Å²) in [7, 11) is 1.89.